The normalized spacial score (nSPS) is 17.5. The van der Waals surface area contributed by atoms with Crippen LogP contribution in [0.15, 0.2) is 48.5 Å². The smallest absolute Gasteiger partial charge is 0.256 e. The van der Waals surface area contributed by atoms with Gasteiger partial charge in [0, 0.05) is 5.69 Å². The second-order valence-corrected chi connectivity index (χ2v) is 5.15. The first-order valence-electron chi connectivity index (χ1n) is 7.12. The number of nitrogens with one attached hydrogen (secondary N) is 1. The second kappa shape index (κ2) is 6.08. The summed E-state index contributed by atoms with van der Waals surface area (Å²) in [5.74, 6) is -0.793. The maximum absolute atomic E-state index is 13.8. The lowest BCUT2D eigenvalue weighted by Gasteiger charge is -2.16. The number of carbonyl (C=O) groups is 2. The van der Waals surface area contributed by atoms with E-state index in [-0.39, 0.29) is 12.1 Å². The highest BCUT2D eigenvalue weighted by molar-refractivity contribution is 6.23. The molecule has 6 heteroatoms. The van der Waals surface area contributed by atoms with Gasteiger partial charge in [0.1, 0.15) is 17.6 Å². The van der Waals surface area contributed by atoms with E-state index in [4.69, 9.17) is 4.74 Å². The van der Waals surface area contributed by atoms with Crippen molar-refractivity contribution in [2.24, 2.45) is 0 Å². The van der Waals surface area contributed by atoms with Gasteiger partial charge in [0.2, 0.25) is 5.91 Å². The van der Waals surface area contributed by atoms with Crippen LogP contribution in [-0.4, -0.2) is 25.0 Å². The number of rotatable bonds is 4. The minimum absolute atomic E-state index is 0.0125. The summed E-state index contributed by atoms with van der Waals surface area (Å²) in [6.07, 6.45) is -0.0147. The minimum atomic E-state index is -0.712. The lowest BCUT2D eigenvalue weighted by Crippen LogP contribution is -2.35. The summed E-state index contributed by atoms with van der Waals surface area (Å²) in [7, 11) is 1.56. The third-order valence-electron chi connectivity index (χ3n) is 3.67. The summed E-state index contributed by atoms with van der Waals surface area (Å²) in [5.41, 5.74) is 0.675. The molecule has 0 unspecified atom stereocenters. The average molecular weight is 314 g/mol. The Hall–Kier alpha value is -2.89. The van der Waals surface area contributed by atoms with Gasteiger partial charge in [0.25, 0.3) is 5.91 Å². The van der Waals surface area contributed by atoms with Crippen molar-refractivity contribution in [1.29, 1.82) is 0 Å². The van der Waals surface area contributed by atoms with Gasteiger partial charge in [0.15, 0.2) is 0 Å². The number of carbonyl (C=O) groups excluding carboxylic acids is 2. The lowest BCUT2D eigenvalue weighted by atomic mass is 10.2. The highest BCUT2D eigenvalue weighted by atomic mass is 19.1. The number of para-hydroxylation sites is 1. The first-order valence-corrected chi connectivity index (χ1v) is 7.12. The summed E-state index contributed by atoms with van der Waals surface area (Å²) in [4.78, 5) is 25.5. The van der Waals surface area contributed by atoms with Crippen LogP contribution in [0, 0.1) is 5.82 Å². The number of hydrogen-bond donors (Lipinski definition) is 1. The summed E-state index contributed by atoms with van der Waals surface area (Å²) in [6, 6.07) is 12.0. The van der Waals surface area contributed by atoms with Gasteiger partial charge in [-0.3, -0.25) is 9.59 Å². The van der Waals surface area contributed by atoms with Crippen molar-refractivity contribution in [2.75, 3.05) is 17.3 Å². The predicted octanol–water partition coefficient (Wildman–Crippen LogP) is 2.58. The van der Waals surface area contributed by atoms with Gasteiger partial charge in [-0.25, -0.2) is 9.29 Å². The fraction of sp³-hybridized carbons (Fsp3) is 0.176. The van der Waals surface area contributed by atoms with Crippen LogP contribution in [0.5, 0.6) is 5.75 Å². The van der Waals surface area contributed by atoms with E-state index < -0.39 is 23.7 Å². The highest BCUT2D eigenvalue weighted by Crippen LogP contribution is 2.27. The van der Waals surface area contributed by atoms with Gasteiger partial charge < -0.3 is 10.1 Å². The molecule has 1 saturated heterocycles. The Bertz CT molecular complexity index is 746. The van der Waals surface area contributed by atoms with Gasteiger partial charge in [0.05, 0.1) is 19.2 Å². The Kier molecular flexibility index (Phi) is 3.97. The molecule has 0 aliphatic carbocycles. The Balaban J connectivity index is 1.79. The van der Waals surface area contributed by atoms with E-state index in [9.17, 15) is 14.0 Å². The number of hydrogen-bond acceptors (Lipinski definition) is 4. The van der Waals surface area contributed by atoms with E-state index >= 15 is 0 Å². The molecule has 1 fully saturated rings. The Morgan fingerprint density at radius 2 is 1.83 bits per heavy atom. The SMILES string of the molecule is COc1ccc(N[C@@H]2CC(=O)N(c3ccccc3F)C2=O)cc1. The third kappa shape index (κ3) is 2.88. The van der Waals surface area contributed by atoms with Crippen molar-refractivity contribution >= 4 is 23.2 Å². The molecule has 1 atom stereocenters. The van der Waals surface area contributed by atoms with E-state index in [1.165, 1.54) is 18.2 Å². The molecule has 1 heterocycles. The lowest BCUT2D eigenvalue weighted by molar-refractivity contribution is -0.121. The summed E-state index contributed by atoms with van der Waals surface area (Å²) in [5, 5.41) is 3.00. The average Bonchev–Trinajstić information content (AvgIpc) is 2.83. The van der Waals surface area contributed by atoms with E-state index in [1.54, 1.807) is 37.4 Å². The molecule has 23 heavy (non-hydrogen) atoms. The van der Waals surface area contributed by atoms with Crippen molar-refractivity contribution in [3.8, 4) is 5.75 Å². The maximum Gasteiger partial charge on any atom is 0.256 e. The monoisotopic (exact) mass is 314 g/mol. The largest absolute Gasteiger partial charge is 0.497 e. The van der Waals surface area contributed by atoms with Crippen molar-refractivity contribution in [3.05, 3.63) is 54.3 Å². The standard InChI is InChI=1S/C17H15FN2O3/c1-23-12-8-6-11(7-9-12)19-14-10-16(21)20(17(14)22)15-5-3-2-4-13(15)18/h2-9,14,19H,10H2,1H3/t14-/m1/s1. The molecule has 0 aromatic heterocycles. The van der Waals surface area contributed by atoms with Crippen LogP contribution in [0.4, 0.5) is 15.8 Å². The molecule has 118 valence electrons. The number of methoxy groups -OCH3 is 1. The molecule has 1 aliphatic rings. The van der Waals surface area contributed by atoms with Gasteiger partial charge in [-0.2, -0.15) is 0 Å². The van der Waals surface area contributed by atoms with Crippen LogP contribution in [0.1, 0.15) is 6.42 Å². The highest BCUT2D eigenvalue weighted by Gasteiger charge is 2.40. The van der Waals surface area contributed by atoms with Crippen molar-refractivity contribution in [1.82, 2.24) is 0 Å². The van der Waals surface area contributed by atoms with Gasteiger partial charge in [-0.1, -0.05) is 12.1 Å². The molecule has 0 spiro atoms. The fourth-order valence-corrected chi connectivity index (χ4v) is 2.52. The number of imide groups is 1. The zero-order valence-corrected chi connectivity index (χ0v) is 12.5. The van der Waals surface area contributed by atoms with Crippen molar-refractivity contribution in [2.45, 2.75) is 12.5 Å². The maximum atomic E-state index is 13.8. The van der Waals surface area contributed by atoms with Gasteiger partial charge >= 0.3 is 0 Å². The van der Waals surface area contributed by atoms with Gasteiger partial charge in [-0.05, 0) is 36.4 Å². The van der Waals surface area contributed by atoms with Gasteiger partial charge in [-0.15, -0.1) is 0 Å². The molecule has 1 N–H and O–H groups in total. The number of ether oxygens (including phenoxy) is 1. The van der Waals surface area contributed by atoms with Crippen LogP contribution in [0.25, 0.3) is 0 Å². The third-order valence-corrected chi connectivity index (χ3v) is 3.67. The summed E-state index contributed by atoms with van der Waals surface area (Å²) >= 11 is 0. The number of benzene rings is 2. The molecule has 5 nitrogen and oxygen atoms in total. The van der Waals surface area contributed by atoms with Crippen LogP contribution in [0.2, 0.25) is 0 Å². The minimum Gasteiger partial charge on any atom is -0.497 e. The number of halogens is 1. The van der Waals surface area contributed by atoms with Crippen LogP contribution >= 0.6 is 0 Å². The molecule has 0 bridgehead atoms. The van der Waals surface area contributed by atoms with E-state index in [1.807, 2.05) is 0 Å². The number of amides is 2. The fourth-order valence-electron chi connectivity index (χ4n) is 2.52. The molecular weight excluding hydrogens is 299 g/mol. The van der Waals surface area contributed by atoms with Crippen LogP contribution in [-0.2, 0) is 9.59 Å². The second-order valence-electron chi connectivity index (χ2n) is 5.15. The molecule has 1 aliphatic heterocycles. The molecule has 2 aromatic carbocycles. The Labute approximate surface area is 132 Å². The Morgan fingerprint density at radius 3 is 2.48 bits per heavy atom. The van der Waals surface area contributed by atoms with E-state index in [0.717, 1.165) is 4.90 Å². The quantitative estimate of drug-likeness (QED) is 0.881. The molecule has 2 amide bonds. The number of anilines is 2. The summed E-state index contributed by atoms with van der Waals surface area (Å²) in [6.45, 7) is 0. The van der Waals surface area contributed by atoms with Crippen LogP contribution < -0.4 is 15.0 Å². The predicted molar refractivity (Wildman–Crippen MR) is 83.9 cm³/mol. The zero-order chi connectivity index (χ0) is 16.4. The number of nitrogens with zero attached hydrogens (tertiary/aromatic N) is 1. The molecular formula is C17H15FN2O3. The van der Waals surface area contributed by atoms with Crippen molar-refractivity contribution < 1.29 is 18.7 Å². The summed E-state index contributed by atoms with van der Waals surface area (Å²) < 4.78 is 18.9. The Morgan fingerprint density at radius 1 is 1.13 bits per heavy atom. The first kappa shape index (κ1) is 15.0. The van der Waals surface area contributed by atoms with E-state index in [2.05, 4.69) is 5.32 Å². The van der Waals surface area contributed by atoms with Crippen molar-refractivity contribution in [3.63, 3.8) is 0 Å². The first-order chi connectivity index (χ1) is 11.1. The van der Waals surface area contributed by atoms with Crippen LogP contribution in [0.3, 0.4) is 0 Å². The molecule has 3 rings (SSSR count). The molecule has 0 radical (unpaired) electrons. The topological polar surface area (TPSA) is 58.6 Å². The molecule has 2 aromatic rings. The van der Waals surface area contributed by atoms with E-state index in [0.29, 0.717) is 11.4 Å². The molecule has 0 saturated carbocycles. The zero-order valence-electron chi connectivity index (χ0n) is 12.5.